The van der Waals surface area contributed by atoms with Crippen LogP contribution in [0, 0.1) is 25.7 Å². The number of aliphatic carboxylic acids is 1. The first-order chi connectivity index (χ1) is 10.0. The van der Waals surface area contributed by atoms with E-state index in [0.717, 1.165) is 4.90 Å². The Morgan fingerprint density at radius 1 is 1.27 bits per heavy atom. The molecule has 0 spiro atoms. The number of nitrogens with zero attached hydrogens (tertiary/aromatic N) is 3. The molecule has 2 heterocycles. The summed E-state index contributed by atoms with van der Waals surface area (Å²) in [5, 5.41) is 13.0. The zero-order valence-corrected chi connectivity index (χ0v) is 12.3. The molecule has 1 aliphatic rings. The van der Waals surface area contributed by atoms with Gasteiger partial charge in [-0.05, 0) is 13.8 Å². The lowest BCUT2D eigenvalue weighted by Crippen LogP contribution is -2.34. The number of alkyl halides is 3. The van der Waals surface area contributed by atoms with Crippen molar-refractivity contribution in [3.05, 3.63) is 17.0 Å². The maximum atomic E-state index is 13.0. The van der Waals surface area contributed by atoms with Gasteiger partial charge in [0.05, 0.1) is 23.1 Å². The molecule has 1 amide bonds. The average molecular weight is 319 g/mol. The minimum absolute atomic E-state index is 0.231. The molecule has 1 aromatic rings. The SMILES string of the molecule is Cc1nn(C)c(C)c1C(=O)N1C[C@@H](C(F)(F)F)[C@H](C(=O)O)C1. The quantitative estimate of drug-likeness (QED) is 0.893. The van der Waals surface area contributed by atoms with E-state index in [1.165, 1.54) is 4.68 Å². The summed E-state index contributed by atoms with van der Waals surface area (Å²) >= 11 is 0. The lowest BCUT2D eigenvalue weighted by molar-refractivity contribution is -0.187. The maximum absolute atomic E-state index is 13.0. The molecule has 1 aromatic heterocycles. The number of aromatic nitrogens is 2. The highest BCUT2D eigenvalue weighted by Gasteiger charge is 2.53. The van der Waals surface area contributed by atoms with Crippen molar-refractivity contribution in [3.8, 4) is 0 Å². The summed E-state index contributed by atoms with van der Waals surface area (Å²) in [5.41, 5.74) is 1.17. The van der Waals surface area contributed by atoms with Gasteiger partial charge in [-0.1, -0.05) is 0 Å². The van der Waals surface area contributed by atoms with Gasteiger partial charge in [0, 0.05) is 25.8 Å². The molecule has 0 bridgehead atoms. The van der Waals surface area contributed by atoms with Crippen LogP contribution in [0.2, 0.25) is 0 Å². The molecule has 0 aliphatic carbocycles. The Kier molecular flexibility index (Phi) is 3.92. The Bertz CT molecular complexity index is 624. The van der Waals surface area contributed by atoms with Gasteiger partial charge < -0.3 is 10.0 Å². The molecular formula is C13H16F3N3O3. The van der Waals surface area contributed by atoms with Gasteiger partial charge in [0.1, 0.15) is 0 Å². The van der Waals surface area contributed by atoms with Crippen LogP contribution in [0.25, 0.3) is 0 Å². The van der Waals surface area contributed by atoms with E-state index in [9.17, 15) is 22.8 Å². The van der Waals surface area contributed by atoms with Crippen molar-refractivity contribution in [2.45, 2.75) is 20.0 Å². The third kappa shape index (κ3) is 2.67. The fourth-order valence-corrected chi connectivity index (χ4v) is 2.79. The van der Waals surface area contributed by atoms with Crippen LogP contribution in [0.5, 0.6) is 0 Å². The third-order valence-electron chi connectivity index (χ3n) is 4.07. The number of halogens is 3. The smallest absolute Gasteiger partial charge is 0.394 e. The molecule has 0 aromatic carbocycles. The van der Waals surface area contributed by atoms with Crippen LogP contribution in [0.4, 0.5) is 13.2 Å². The topological polar surface area (TPSA) is 75.4 Å². The second-order valence-corrected chi connectivity index (χ2v) is 5.47. The van der Waals surface area contributed by atoms with Gasteiger partial charge in [-0.25, -0.2) is 0 Å². The van der Waals surface area contributed by atoms with Crippen LogP contribution in [-0.2, 0) is 11.8 Å². The summed E-state index contributed by atoms with van der Waals surface area (Å²) in [7, 11) is 1.63. The molecule has 0 saturated carbocycles. The van der Waals surface area contributed by atoms with Crippen LogP contribution in [0.3, 0.4) is 0 Å². The summed E-state index contributed by atoms with van der Waals surface area (Å²) in [6, 6.07) is 0. The molecule has 1 N–H and O–H groups in total. The van der Waals surface area contributed by atoms with E-state index < -0.39 is 43.0 Å². The van der Waals surface area contributed by atoms with Gasteiger partial charge in [-0.2, -0.15) is 18.3 Å². The molecule has 2 rings (SSSR count). The predicted molar refractivity (Wildman–Crippen MR) is 69.3 cm³/mol. The zero-order valence-electron chi connectivity index (χ0n) is 12.3. The summed E-state index contributed by atoms with van der Waals surface area (Å²) in [6.45, 7) is 2.13. The van der Waals surface area contributed by atoms with Gasteiger partial charge in [-0.3, -0.25) is 14.3 Å². The van der Waals surface area contributed by atoms with Gasteiger partial charge in [-0.15, -0.1) is 0 Å². The van der Waals surface area contributed by atoms with Gasteiger partial charge in [0.15, 0.2) is 0 Å². The molecule has 1 aliphatic heterocycles. The summed E-state index contributed by atoms with van der Waals surface area (Å²) in [6.07, 6.45) is -4.66. The monoisotopic (exact) mass is 319 g/mol. The molecule has 1 saturated heterocycles. The first-order valence-corrected chi connectivity index (χ1v) is 6.63. The number of aryl methyl sites for hydroxylation is 2. The molecule has 0 unspecified atom stereocenters. The lowest BCUT2D eigenvalue weighted by Gasteiger charge is -2.18. The van der Waals surface area contributed by atoms with E-state index in [2.05, 4.69) is 5.10 Å². The molecule has 1 fully saturated rings. The summed E-state index contributed by atoms with van der Waals surface area (Å²) in [4.78, 5) is 24.5. The van der Waals surface area contributed by atoms with Crippen LogP contribution in [0.15, 0.2) is 0 Å². The largest absolute Gasteiger partial charge is 0.481 e. The van der Waals surface area contributed by atoms with Crippen molar-refractivity contribution in [3.63, 3.8) is 0 Å². The van der Waals surface area contributed by atoms with Crippen molar-refractivity contribution < 1.29 is 27.9 Å². The Hall–Kier alpha value is -2.06. The predicted octanol–water partition coefficient (Wildman–Crippen LogP) is 1.37. The Balaban J connectivity index is 2.31. The molecular weight excluding hydrogens is 303 g/mol. The van der Waals surface area contributed by atoms with Gasteiger partial charge >= 0.3 is 12.1 Å². The number of amides is 1. The van der Waals surface area contributed by atoms with Crippen molar-refractivity contribution in [1.29, 1.82) is 0 Å². The number of carbonyl (C=O) groups is 2. The second kappa shape index (κ2) is 5.29. The third-order valence-corrected chi connectivity index (χ3v) is 4.07. The molecule has 6 nitrogen and oxygen atoms in total. The van der Waals surface area contributed by atoms with E-state index in [1.54, 1.807) is 20.9 Å². The molecule has 9 heteroatoms. The Labute approximate surface area is 124 Å². The molecule has 0 radical (unpaired) electrons. The van der Waals surface area contributed by atoms with Crippen molar-refractivity contribution in [1.82, 2.24) is 14.7 Å². The van der Waals surface area contributed by atoms with Crippen LogP contribution in [-0.4, -0.2) is 50.9 Å². The van der Waals surface area contributed by atoms with Gasteiger partial charge in [0.2, 0.25) is 0 Å². The lowest BCUT2D eigenvalue weighted by atomic mass is 9.96. The normalized spacial score (nSPS) is 22.2. The Morgan fingerprint density at radius 2 is 1.86 bits per heavy atom. The summed E-state index contributed by atoms with van der Waals surface area (Å²) < 4.78 is 40.3. The fraction of sp³-hybridized carbons (Fsp3) is 0.615. The first-order valence-electron chi connectivity index (χ1n) is 6.63. The van der Waals surface area contributed by atoms with E-state index in [4.69, 9.17) is 5.11 Å². The van der Waals surface area contributed by atoms with E-state index >= 15 is 0 Å². The van der Waals surface area contributed by atoms with E-state index in [0.29, 0.717) is 11.4 Å². The average Bonchev–Trinajstić information content (AvgIpc) is 2.92. The minimum atomic E-state index is -4.66. The number of carboxylic acids is 1. The minimum Gasteiger partial charge on any atom is -0.481 e. The van der Waals surface area contributed by atoms with Gasteiger partial charge in [0.25, 0.3) is 5.91 Å². The van der Waals surface area contributed by atoms with Crippen LogP contribution < -0.4 is 0 Å². The number of carboxylic acid groups (broad SMARTS) is 1. The van der Waals surface area contributed by atoms with E-state index in [-0.39, 0.29) is 5.56 Å². The molecule has 22 heavy (non-hydrogen) atoms. The number of likely N-dealkylation sites (tertiary alicyclic amines) is 1. The standard InChI is InChI=1S/C13H16F3N3O3/c1-6-10(7(2)18(3)17-6)11(20)19-4-8(12(21)22)9(5-19)13(14,15)16/h8-9H,4-5H2,1-3H3,(H,21,22)/t8-,9-/m1/s1. The summed E-state index contributed by atoms with van der Waals surface area (Å²) in [5.74, 6) is -5.84. The highest BCUT2D eigenvalue weighted by Crippen LogP contribution is 2.38. The molecule has 122 valence electrons. The maximum Gasteiger partial charge on any atom is 0.394 e. The zero-order chi connectivity index (χ0) is 16.8. The van der Waals surface area contributed by atoms with Crippen LogP contribution in [0.1, 0.15) is 21.7 Å². The van der Waals surface area contributed by atoms with Crippen LogP contribution >= 0.6 is 0 Å². The highest BCUT2D eigenvalue weighted by molar-refractivity contribution is 5.97. The van der Waals surface area contributed by atoms with Crippen molar-refractivity contribution in [2.75, 3.05) is 13.1 Å². The fourth-order valence-electron chi connectivity index (χ4n) is 2.79. The number of carbonyl (C=O) groups excluding carboxylic acids is 1. The number of rotatable bonds is 2. The second-order valence-electron chi connectivity index (χ2n) is 5.47. The van der Waals surface area contributed by atoms with Crippen molar-refractivity contribution >= 4 is 11.9 Å². The first kappa shape index (κ1) is 16.3. The number of hydrogen-bond acceptors (Lipinski definition) is 3. The Morgan fingerprint density at radius 3 is 2.23 bits per heavy atom. The molecule has 2 atom stereocenters. The highest BCUT2D eigenvalue weighted by atomic mass is 19.4. The van der Waals surface area contributed by atoms with Crippen molar-refractivity contribution in [2.24, 2.45) is 18.9 Å². The van der Waals surface area contributed by atoms with E-state index in [1.807, 2.05) is 0 Å². The number of hydrogen-bond donors (Lipinski definition) is 1.